The molecule has 0 bridgehead atoms. The fraction of sp³-hybridized carbons (Fsp3) is 0.556. The van der Waals surface area contributed by atoms with Crippen molar-refractivity contribution in [2.75, 3.05) is 55.6 Å². The highest BCUT2D eigenvalue weighted by molar-refractivity contribution is 5.89. The zero-order chi connectivity index (χ0) is 30.3. The Balaban J connectivity index is 1.27. The lowest BCUT2D eigenvalue weighted by atomic mass is 10.0. The molecule has 0 atom stereocenters. The Morgan fingerprint density at radius 2 is 1.84 bits per heavy atom. The minimum Gasteiger partial charge on any atom is -0.371 e. The molecule has 3 aromatic rings. The van der Waals surface area contributed by atoms with Gasteiger partial charge in [0.1, 0.15) is 5.82 Å². The van der Waals surface area contributed by atoms with E-state index in [1.807, 2.05) is 25.5 Å². The molecule has 5 heterocycles. The first kappa shape index (κ1) is 30.5. The third kappa shape index (κ3) is 6.75. The molecule has 3 aliphatic rings. The van der Waals surface area contributed by atoms with Gasteiger partial charge in [0.2, 0.25) is 0 Å². The number of allylic oxidation sites excluding steroid dienone is 1. The maximum absolute atomic E-state index is 5.27. The van der Waals surface area contributed by atoms with Crippen LogP contribution < -0.4 is 9.80 Å². The molecule has 0 N–H and O–H groups in total. The predicted octanol–water partition coefficient (Wildman–Crippen LogP) is 7.22. The van der Waals surface area contributed by atoms with Crippen LogP contribution in [0.2, 0.25) is 0 Å². The molecule has 0 amide bonds. The second-order valence-corrected chi connectivity index (χ2v) is 12.7. The number of piperidine rings is 2. The van der Waals surface area contributed by atoms with Crippen LogP contribution in [0.5, 0.6) is 0 Å². The zero-order valence-corrected chi connectivity index (χ0v) is 27.1. The van der Waals surface area contributed by atoms with E-state index in [1.165, 1.54) is 55.3 Å². The van der Waals surface area contributed by atoms with Crippen LogP contribution in [-0.4, -0.2) is 76.7 Å². The van der Waals surface area contributed by atoms with E-state index in [9.17, 15) is 0 Å². The summed E-state index contributed by atoms with van der Waals surface area (Å²) in [5.41, 5.74) is 6.19. The number of aromatic nitrogens is 4. The smallest absolute Gasteiger partial charge is 0.164 e. The van der Waals surface area contributed by atoms with Gasteiger partial charge in [-0.1, -0.05) is 31.9 Å². The van der Waals surface area contributed by atoms with Crippen molar-refractivity contribution >= 4 is 28.8 Å². The van der Waals surface area contributed by atoms with Crippen molar-refractivity contribution in [1.82, 2.24) is 24.6 Å². The molecule has 8 nitrogen and oxygen atoms in total. The van der Waals surface area contributed by atoms with Crippen molar-refractivity contribution in [3.8, 4) is 11.4 Å². The van der Waals surface area contributed by atoms with Gasteiger partial charge in [-0.15, -0.1) is 0 Å². The minimum absolute atomic E-state index is 0.334. The fourth-order valence-electron chi connectivity index (χ4n) is 7.15. The SMILES string of the molecule is CC=N/C=C(\C=C/C)CN1CCC(n2ncc3c(N4CCCCC4)nc(-c4ccc5c(c4)CCN5CCCCC)nc32)CC1. The molecule has 8 heteroatoms. The number of hydrogen-bond acceptors (Lipinski definition) is 7. The molecule has 0 saturated carbocycles. The Hall–Kier alpha value is -3.52. The number of fused-ring (bicyclic) bond motifs is 2. The van der Waals surface area contributed by atoms with Crippen molar-refractivity contribution in [3.05, 3.63) is 53.9 Å². The second-order valence-electron chi connectivity index (χ2n) is 12.7. The Morgan fingerprint density at radius 1 is 1.00 bits per heavy atom. The first-order valence-corrected chi connectivity index (χ1v) is 17.1. The molecule has 234 valence electrons. The normalized spacial score (nSPS) is 18.8. The summed E-state index contributed by atoms with van der Waals surface area (Å²) in [6, 6.07) is 7.25. The molecular formula is C36H50N8. The lowest BCUT2D eigenvalue weighted by Crippen LogP contribution is -2.36. The number of aliphatic imine (C=N–C) groups is 1. The molecule has 6 rings (SSSR count). The van der Waals surface area contributed by atoms with Gasteiger partial charge in [0, 0.05) is 69.5 Å². The topological polar surface area (TPSA) is 65.7 Å². The summed E-state index contributed by atoms with van der Waals surface area (Å²) in [6.45, 7) is 13.7. The molecule has 3 aliphatic heterocycles. The van der Waals surface area contributed by atoms with Crippen molar-refractivity contribution in [2.24, 2.45) is 4.99 Å². The van der Waals surface area contributed by atoms with E-state index in [0.29, 0.717) is 6.04 Å². The number of benzene rings is 1. The van der Waals surface area contributed by atoms with E-state index < -0.39 is 0 Å². The van der Waals surface area contributed by atoms with Crippen molar-refractivity contribution < 1.29 is 0 Å². The number of unbranched alkanes of at least 4 members (excludes halogenated alkanes) is 2. The van der Waals surface area contributed by atoms with Gasteiger partial charge in [0.25, 0.3) is 0 Å². The average Bonchev–Trinajstić information content (AvgIpc) is 3.68. The van der Waals surface area contributed by atoms with Gasteiger partial charge in [-0.05, 0) is 88.1 Å². The van der Waals surface area contributed by atoms with Crippen LogP contribution in [0, 0.1) is 0 Å². The Labute approximate surface area is 263 Å². The molecule has 1 aromatic carbocycles. The van der Waals surface area contributed by atoms with Crippen molar-refractivity contribution in [2.45, 2.75) is 84.6 Å². The van der Waals surface area contributed by atoms with Crippen LogP contribution in [0.3, 0.4) is 0 Å². The summed E-state index contributed by atoms with van der Waals surface area (Å²) >= 11 is 0. The number of anilines is 2. The molecule has 2 saturated heterocycles. The van der Waals surface area contributed by atoms with Gasteiger partial charge >= 0.3 is 0 Å². The average molecular weight is 595 g/mol. The van der Waals surface area contributed by atoms with E-state index >= 15 is 0 Å². The summed E-state index contributed by atoms with van der Waals surface area (Å²) in [5.74, 6) is 1.90. The maximum Gasteiger partial charge on any atom is 0.164 e. The predicted molar refractivity (Wildman–Crippen MR) is 184 cm³/mol. The quantitative estimate of drug-likeness (QED) is 0.133. The minimum atomic E-state index is 0.334. The molecule has 0 aliphatic carbocycles. The van der Waals surface area contributed by atoms with Crippen LogP contribution in [0.4, 0.5) is 11.5 Å². The van der Waals surface area contributed by atoms with Gasteiger partial charge in [0.05, 0.1) is 17.6 Å². The van der Waals surface area contributed by atoms with Gasteiger partial charge < -0.3 is 9.80 Å². The molecule has 0 unspecified atom stereocenters. The van der Waals surface area contributed by atoms with E-state index in [-0.39, 0.29) is 0 Å². The summed E-state index contributed by atoms with van der Waals surface area (Å²) in [7, 11) is 0. The maximum atomic E-state index is 5.27. The van der Waals surface area contributed by atoms with Crippen LogP contribution in [0.15, 0.2) is 53.3 Å². The Bertz CT molecular complexity index is 1490. The number of likely N-dealkylation sites (tertiary alicyclic amines) is 1. The van der Waals surface area contributed by atoms with E-state index in [1.54, 1.807) is 0 Å². The molecular weight excluding hydrogens is 544 g/mol. The van der Waals surface area contributed by atoms with Crippen LogP contribution in [-0.2, 0) is 6.42 Å². The van der Waals surface area contributed by atoms with Crippen LogP contribution in [0.1, 0.15) is 83.7 Å². The molecule has 0 spiro atoms. The third-order valence-electron chi connectivity index (χ3n) is 9.53. The van der Waals surface area contributed by atoms with E-state index in [0.717, 1.165) is 93.3 Å². The van der Waals surface area contributed by atoms with Gasteiger partial charge in [0.15, 0.2) is 11.5 Å². The standard InChI is InChI=1S/C36H50N8/c1-4-7-9-18-42-23-15-29-24-30(13-14-33(29)42)34-39-35(43-19-10-8-11-20-43)32-26-38-44(36(32)40-34)31-16-21-41(22-17-31)27-28(12-5-2)25-37-6-3/h5-6,12-14,24-26,31H,4,7-11,15-23,27H2,1-3H3/b12-5-,28-25+,37-6?. The van der Waals surface area contributed by atoms with Gasteiger partial charge in [-0.2, -0.15) is 5.10 Å². The monoisotopic (exact) mass is 594 g/mol. The van der Waals surface area contributed by atoms with Gasteiger partial charge in [-0.3, -0.25) is 9.89 Å². The van der Waals surface area contributed by atoms with Crippen molar-refractivity contribution in [1.29, 1.82) is 0 Å². The van der Waals surface area contributed by atoms with E-state index in [4.69, 9.17) is 15.1 Å². The summed E-state index contributed by atoms with van der Waals surface area (Å²) in [4.78, 5) is 22.5. The second kappa shape index (κ2) is 14.5. The molecule has 2 aromatic heterocycles. The van der Waals surface area contributed by atoms with Crippen molar-refractivity contribution in [3.63, 3.8) is 0 Å². The first-order valence-electron chi connectivity index (χ1n) is 17.1. The lowest BCUT2D eigenvalue weighted by molar-refractivity contribution is 0.195. The van der Waals surface area contributed by atoms with Crippen LogP contribution >= 0.6 is 0 Å². The lowest BCUT2D eigenvalue weighted by Gasteiger charge is -2.32. The number of rotatable bonds is 11. The summed E-state index contributed by atoms with van der Waals surface area (Å²) in [5, 5.41) is 6.08. The third-order valence-corrected chi connectivity index (χ3v) is 9.53. The molecule has 0 radical (unpaired) electrons. The summed E-state index contributed by atoms with van der Waals surface area (Å²) < 4.78 is 2.22. The highest BCUT2D eigenvalue weighted by atomic mass is 15.3. The Kier molecular flexibility index (Phi) is 10.1. The van der Waals surface area contributed by atoms with Gasteiger partial charge in [-0.25, -0.2) is 14.6 Å². The number of hydrogen-bond donors (Lipinski definition) is 0. The molecule has 2 fully saturated rings. The number of nitrogens with zero attached hydrogens (tertiary/aromatic N) is 8. The highest BCUT2D eigenvalue weighted by Crippen LogP contribution is 2.35. The largest absolute Gasteiger partial charge is 0.371 e. The first-order chi connectivity index (χ1) is 21.7. The molecule has 44 heavy (non-hydrogen) atoms. The summed E-state index contributed by atoms with van der Waals surface area (Å²) in [6.07, 6.45) is 20.9. The van der Waals surface area contributed by atoms with E-state index in [2.05, 4.69) is 68.6 Å². The zero-order valence-electron chi connectivity index (χ0n) is 27.1. The highest BCUT2D eigenvalue weighted by Gasteiger charge is 2.27. The van der Waals surface area contributed by atoms with Crippen LogP contribution in [0.25, 0.3) is 22.4 Å². The fourth-order valence-corrected chi connectivity index (χ4v) is 7.15. The Morgan fingerprint density at radius 3 is 2.61 bits per heavy atom.